The Morgan fingerprint density at radius 1 is 0.500 bits per heavy atom. The van der Waals surface area contributed by atoms with E-state index in [1.54, 1.807) is 0 Å². The standard InChI is InChI=1S/C6H10.C4H8/c1-3-5-6-4-2;1-3-4-2/h3-6H,1-2H3;3-4H,1-2H3/b5-3-,6-4+;4-3-. The molecule has 0 spiro atoms. The Hall–Kier alpha value is -0.780. The van der Waals surface area contributed by atoms with Crippen LogP contribution >= 0.6 is 0 Å². The molecule has 0 atom stereocenters. The minimum Gasteiger partial charge on any atom is -0.0919 e. The normalized spacial score (nSPS) is 10.8. The van der Waals surface area contributed by atoms with Crippen LogP contribution in [0.3, 0.4) is 0 Å². The molecule has 0 rings (SSSR count). The van der Waals surface area contributed by atoms with Crippen LogP contribution < -0.4 is 0 Å². The maximum Gasteiger partial charge on any atom is -0.0467 e. The fraction of sp³-hybridized carbons (Fsp3) is 0.400. The Labute approximate surface area is 65.0 Å². The van der Waals surface area contributed by atoms with E-state index in [1.165, 1.54) is 0 Å². The van der Waals surface area contributed by atoms with Gasteiger partial charge in [0.2, 0.25) is 0 Å². The molecular formula is C10H18. The zero-order chi connectivity index (χ0) is 8.24. The molecule has 10 heavy (non-hydrogen) atoms. The van der Waals surface area contributed by atoms with E-state index < -0.39 is 0 Å². The van der Waals surface area contributed by atoms with Crippen LogP contribution in [0.25, 0.3) is 0 Å². The predicted octanol–water partition coefficient (Wildman–Crippen LogP) is 3.72. The SMILES string of the molecule is C/C=C\C.C/C=C\C=C\C. The molecule has 0 saturated carbocycles. The molecule has 0 aliphatic rings. The van der Waals surface area contributed by atoms with Crippen LogP contribution in [0.15, 0.2) is 36.5 Å². The highest BCUT2D eigenvalue weighted by Gasteiger charge is 1.48. The van der Waals surface area contributed by atoms with Crippen LogP contribution in [0, 0.1) is 0 Å². The van der Waals surface area contributed by atoms with Gasteiger partial charge in [0.25, 0.3) is 0 Å². The van der Waals surface area contributed by atoms with E-state index in [1.807, 2.05) is 64.2 Å². The number of allylic oxidation sites excluding steroid dienone is 6. The third kappa shape index (κ3) is 26.9. The minimum atomic E-state index is 2.00. The molecule has 0 fully saturated rings. The summed E-state index contributed by atoms with van der Waals surface area (Å²) < 4.78 is 0. The molecule has 0 unspecified atom stereocenters. The van der Waals surface area contributed by atoms with Crippen LogP contribution in [0.1, 0.15) is 27.7 Å². The van der Waals surface area contributed by atoms with Gasteiger partial charge in [-0.1, -0.05) is 36.5 Å². The van der Waals surface area contributed by atoms with Gasteiger partial charge in [-0.25, -0.2) is 0 Å². The molecule has 0 N–H and O–H groups in total. The molecule has 0 aliphatic carbocycles. The second-order valence-corrected chi connectivity index (χ2v) is 1.72. The Bertz CT molecular complexity index is 91.2. The topological polar surface area (TPSA) is 0 Å². The number of hydrogen-bond donors (Lipinski definition) is 0. The predicted molar refractivity (Wildman–Crippen MR) is 50.1 cm³/mol. The van der Waals surface area contributed by atoms with Crippen LogP contribution in [0.4, 0.5) is 0 Å². The first kappa shape index (κ1) is 12.0. The molecule has 0 aromatic rings. The van der Waals surface area contributed by atoms with Crippen molar-refractivity contribution in [1.82, 2.24) is 0 Å². The second-order valence-electron chi connectivity index (χ2n) is 1.72. The van der Waals surface area contributed by atoms with E-state index in [4.69, 9.17) is 0 Å². The molecule has 58 valence electrons. The average Bonchev–Trinajstić information content (AvgIpc) is 2.01. The molecule has 0 nitrogen and oxygen atoms in total. The van der Waals surface area contributed by atoms with E-state index in [0.717, 1.165) is 0 Å². The Morgan fingerprint density at radius 3 is 0.900 bits per heavy atom. The lowest BCUT2D eigenvalue weighted by molar-refractivity contribution is 1.64. The minimum absolute atomic E-state index is 2.00. The fourth-order valence-corrected chi connectivity index (χ4v) is 0.222. The van der Waals surface area contributed by atoms with Crippen molar-refractivity contribution in [1.29, 1.82) is 0 Å². The molecule has 0 aliphatic heterocycles. The van der Waals surface area contributed by atoms with Gasteiger partial charge in [0.05, 0.1) is 0 Å². The summed E-state index contributed by atoms with van der Waals surface area (Å²) in [5, 5.41) is 0. The van der Waals surface area contributed by atoms with E-state index >= 15 is 0 Å². The molecule has 0 heteroatoms. The lowest BCUT2D eigenvalue weighted by Crippen LogP contribution is -1.40. The lowest BCUT2D eigenvalue weighted by atomic mass is 10.5. The van der Waals surface area contributed by atoms with E-state index in [-0.39, 0.29) is 0 Å². The molecule has 0 saturated heterocycles. The van der Waals surface area contributed by atoms with E-state index in [9.17, 15) is 0 Å². The summed E-state index contributed by atoms with van der Waals surface area (Å²) in [5.41, 5.74) is 0. The highest BCUT2D eigenvalue weighted by Crippen LogP contribution is 1.71. The summed E-state index contributed by atoms with van der Waals surface area (Å²) in [6.45, 7) is 8.00. The van der Waals surface area contributed by atoms with Gasteiger partial charge in [0.1, 0.15) is 0 Å². The van der Waals surface area contributed by atoms with Crippen LogP contribution in [-0.4, -0.2) is 0 Å². The molecule has 0 amide bonds. The smallest absolute Gasteiger partial charge is 0.0467 e. The van der Waals surface area contributed by atoms with Gasteiger partial charge in [-0.05, 0) is 27.7 Å². The van der Waals surface area contributed by atoms with Crippen LogP contribution in [0.2, 0.25) is 0 Å². The summed E-state index contributed by atoms with van der Waals surface area (Å²) in [7, 11) is 0. The summed E-state index contributed by atoms with van der Waals surface area (Å²) in [6.07, 6.45) is 12.0. The van der Waals surface area contributed by atoms with Gasteiger partial charge in [-0.15, -0.1) is 0 Å². The van der Waals surface area contributed by atoms with Gasteiger partial charge < -0.3 is 0 Å². The maximum absolute atomic E-state index is 2.00. The van der Waals surface area contributed by atoms with Gasteiger partial charge >= 0.3 is 0 Å². The van der Waals surface area contributed by atoms with Gasteiger partial charge in [0, 0.05) is 0 Å². The summed E-state index contributed by atoms with van der Waals surface area (Å²) in [4.78, 5) is 0. The van der Waals surface area contributed by atoms with Gasteiger partial charge in [-0.2, -0.15) is 0 Å². The van der Waals surface area contributed by atoms with Crippen LogP contribution in [0.5, 0.6) is 0 Å². The molecule has 0 aromatic heterocycles. The van der Waals surface area contributed by atoms with Crippen molar-refractivity contribution >= 4 is 0 Å². The largest absolute Gasteiger partial charge is 0.0919 e. The maximum atomic E-state index is 2.00. The highest BCUT2D eigenvalue weighted by atomic mass is 13.6. The van der Waals surface area contributed by atoms with Crippen molar-refractivity contribution in [2.45, 2.75) is 27.7 Å². The highest BCUT2D eigenvalue weighted by molar-refractivity contribution is 4.98. The van der Waals surface area contributed by atoms with Crippen molar-refractivity contribution in [3.8, 4) is 0 Å². The fourth-order valence-electron chi connectivity index (χ4n) is 0.222. The Balaban J connectivity index is 0. The molecule has 0 heterocycles. The van der Waals surface area contributed by atoms with Gasteiger partial charge in [0.15, 0.2) is 0 Å². The molecular weight excluding hydrogens is 120 g/mol. The second kappa shape index (κ2) is 15.7. The lowest BCUT2D eigenvalue weighted by Gasteiger charge is -1.62. The number of hydrogen-bond acceptors (Lipinski definition) is 0. The third-order valence-electron chi connectivity index (χ3n) is 0.829. The first-order valence-corrected chi connectivity index (χ1v) is 3.64. The molecule has 0 aromatic carbocycles. The monoisotopic (exact) mass is 138 g/mol. The zero-order valence-corrected chi connectivity index (χ0v) is 7.46. The zero-order valence-electron chi connectivity index (χ0n) is 7.46. The van der Waals surface area contributed by atoms with Crippen molar-refractivity contribution in [2.24, 2.45) is 0 Å². The van der Waals surface area contributed by atoms with Crippen LogP contribution in [-0.2, 0) is 0 Å². The summed E-state index contributed by atoms with van der Waals surface area (Å²) in [6, 6.07) is 0. The van der Waals surface area contributed by atoms with Crippen molar-refractivity contribution < 1.29 is 0 Å². The Morgan fingerprint density at radius 2 is 0.800 bits per heavy atom. The van der Waals surface area contributed by atoms with E-state index in [0.29, 0.717) is 0 Å². The molecule has 0 radical (unpaired) electrons. The summed E-state index contributed by atoms with van der Waals surface area (Å²) >= 11 is 0. The van der Waals surface area contributed by atoms with Crippen molar-refractivity contribution in [2.75, 3.05) is 0 Å². The first-order chi connectivity index (χ1) is 4.83. The first-order valence-electron chi connectivity index (χ1n) is 3.64. The Kier molecular flexibility index (Phi) is 18.8. The third-order valence-corrected chi connectivity index (χ3v) is 0.829. The van der Waals surface area contributed by atoms with Crippen molar-refractivity contribution in [3.63, 3.8) is 0 Å². The average molecular weight is 138 g/mol. The van der Waals surface area contributed by atoms with E-state index in [2.05, 4.69) is 0 Å². The summed E-state index contributed by atoms with van der Waals surface area (Å²) in [5.74, 6) is 0. The number of rotatable bonds is 1. The van der Waals surface area contributed by atoms with Crippen molar-refractivity contribution in [3.05, 3.63) is 36.5 Å². The molecule has 0 bridgehead atoms. The van der Waals surface area contributed by atoms with Gasteiger partial charge in [-0.3, -0.25) is 0 Å². The quantitative estimate of drug-likeness (QED) is 0.382.